The molecule has 132 valence electrons. The molecule has 0 aromatic heterocycles. The SMILES string of the molecule is Cc1ccc(OCCC(=O)Nc2ccc(C(=O)OC(C)C)cc2)cc1. The second-order valence-corrected chi connectivity index (χ2v) is 5.99. The quantitative estimate of drug-likeness (QED) is 0.774. The predicted octanol–water partition coefficient (Wildman–Crippen LogP) is 3.97. The standard InChI is InChI=1S/C20H23NO4/c1-14(2)25-20(23)16-6-8-17(9-7-16)21-19(22)12-13-24-18-10-4-15(3)5-11-18/h4-11,14H,12-13H2,1-3H3,(H,21,22). The number of hydrogen-bond acceptors (Lipinski definition) is 4. The second-order valence-electron chi connectivity index (χ2n) is 5.99. The van der Waals surface area contributed by atoms with Crippen LogP contribution in [0.15, 0.2) is 48.5 Å². The largest absolute Gasteiger partial charge is 0.493 e. The van der Waals surface area contributed by atoms with Crippen LogP contribution in [-0.2, 0) is 9.53 Å². The lowest BCUT2D eigenvalue weighted by molar-refractivity contribution is -0.116. The van der Waals surface area contributed by atoms with Crippen LogP contribution in [0.1, 0.15) is 36.2 Å². The van der Waals surface area contributed by atoms with Gasteiger partial charge in [-0.1, -0.05) is 17.7 Å². The van der Waals surface area contributed by atoms with Crippen molar-refractivity contribution in [3.63, 3.8) is 0 Å². The van der Waals surface area contributed by atoms with Crippen LogP contribution in [0.4, 0.5) is 5.69 Å². The Morgan fingerprint density at radius 2 is 1.64 bits per heavy atom. The molecule has 0 aliphatic heterocycles. The summed E-state index contributed by atoms with van der Waals surface area (Å²) in [5.41, 5.74) is 2.24. The fourth-order valence-electron chi connectivity index (χ4n) is 2.09. The van der Waals surface area contributed by atoms with Crippen molar-refractivity contribution in [3.05, 3.63) is 59.7 Å². The molecule has 0 aliphatic rings. The van der Waals surface area contributed by atoms with Gasteiger partial charge in [0, 0.05) is 5.69 Å². The normalized spacial score (nSPS) is 10.4. The fourth-order valence-corrected chi connectivity index (χ4v) is 2.09. The first-order chi connectivity index (χ1) is 11.9. The Morgan fingerprint density at radius 3 is 2.24 bits per heavy atom. The van der Waals surface area contributed by atoms with E-state index in [-0.39, 0.29) is 24.4 Å². The Kier molecular flexibility index (Phi) is 6.57. The third-order valence-corrected chi connectivity index (χ3v) is 3.37. The summed E-state index contributed by atoms with van der Waals surface area (Å²) in [5, 5.41) is 2.77. The minimum absolute atomic E-state index is 0.149. The van der Waals surface area contributed by atoms with Crippen LogP contribution < -0.4 is 10.1 Å². The number of aryl methyl sites for hydroxylation is 1. The summed E-state index contributed by atoms with van der Waals surface area (Å²) in [6.07, 6.45) is 0.0748. The van der Waals surface area contributed by atoms with Gasteiger partial charge >= 0.3 is 5.97 Å². The summed E-state index contributed by atoms with van der Waals surface area (Å²) in [5.74, 6) is 0.218. The zero-order valence-corrected chi connectivity index (χ0v) is 14.7. The van der Waals surface area contributed by atoms with Crippen LogP contribution >= 0.6 is 0 Å². The average molecular weight is 341 g/mol. The van der Waals surface area contributed by atoms with Crippen molar-refractivity contribution in [1.82, 2.24) is 0 Å². The minimum atomic E-state index is -0.376. The topological polar surface area (TPSA) is 64.6 Å². The van der Waals surface area contributed by atoms with E-state index in [4.69, 9.17) is 9.47 Å². The maximum atomic E-state index is 11.9. The van der Waals surface area contributed by atoms with Crippen LogP contribution in [-0.4, -0.2) is 24.6 Å². The summed E-state index contributed by atoms with van der Waals surface area (Å²) in [6, 6.07) is 14.3. The highest BCUT2D eigenvalue weighted by Crippen LogP contribution is 2.13. The van der Waals surface area contributed by atoms with E-state index in [0.29, 0.717) is 17.9 Å². The number of rotatable bonds is 7. The van der Waals surface area contributed by atoms with E-state index >= 15 is 0 Å². The van der Waals surface area contributed by atoms with Crippen LogP contribution in [0.2, 0.25) is 0 Å². The van der Waals surface area contributed by atoms with Gasteiger partial charge in [-0.25, -0.2) is 4.79 Å². The third-order valence-electron chi connectivity index (χ3n) is 3.37. The molecule has 0 bridgehead atoms. The minimum Gasteiger partial charge on any atom is -0.493 e. The molecule has 0 atom stereocenters. The van der Waals surface area contributed by atoms with Crippen molar-refractivity contribution < 1.29 is 19.1 Å². The van der Waals surface area contributed by atoms with Gasteiger partial charge in [0.05, 0.1) is 24.7 Å². The fraction of sp³-hybridized carbons (Fsp3) is 0.300. The van der Waals surface area contributed by atoms with E-state index in [1.54, 1.807) is 38.1 Å². The molecule has 0 heterocycles. The average Bonchev–Trinajstić information content (AvgIpc) is 2.56. The molecule has 0 unspecified atom stereocenters. The van der Waals surface area contributed by atoms with Gasteiger partial charge in [0.25, 0.3) is 0 Å². The summed E-state index contributed by atoms with van der Waals surface area (Å²) in [4.78, 5) is 23.7. The smallest absolute Gasteiger partial charge is 0.338 e. The number of hydrogen-bond donors (Lipinski definition) is 1. The lowest BCUT2D eigenvalue weighted by Gasteiger charge is -2.09. The summed E-state index contributed by atoms with van der Waals surface area (Å²) in [7, 11) is 0. The highest BCUT2D eigenvalue weighted by atomic mass is 16.5. The Balaban J connectivity index is 1.78. The van der Waals surface area contributed by atoms with Gasteiger partial charge in [0.1, 0.15) is 5.75 Å². The van der Waals surface area contributed by atoms with E-state index in [0.717, 1.165) is 11.3 Å². The first-order valence-corrected chi connectivity index (χ1v) is 8.24. The van der Waals surface area contributed by atoms with E-state index in [2.05, 4.69) is 5.32 Å². The first-order valence-electron chi connectivity index (χ1n) is 8.24. The molecular formula is C20H23NO4. The molecule has 2 rings (SSSR count). The Labute approximate surface area is 148 Å². The van der Waals surface area contributed by atoms with Gasteiger partial charge in [-0.2, -0.15) is 0 Å². The van der Waals surface area contributed by atoms with Gasteiger partial charge in [-0.05, 0) is 57.2 Å². The van der Waals surface area contributed by atoms with E-state index in [1.807, 2.05) is 31.2 Å². The van der Waals surface area contributed by atoms with E-state index in [9.17, 15) is 9.59 Å². The maximum absolute atomic E-state index is 11.9. The van der Waals surface area contributed by atoms with Crippen molar-refractivity contribution in [2.24, 2.45) is 0 Å². The highest BCUT2D eigenvalue weighted by Gasteiger charge is 2.09. The molecule has 2 aromatic carbocycles. The molecule has 5 nitrogen and oxygen atoms in total. The summed E-state index contributed by atoms with van der Waals surface area (Å²) in [6.45, 7) is 5.90. The second kappa shape index (κ2) is 8.87. The molecular weight excluding hydrogens is 318 g/mol. The van der Waals surface area contributed by atoms with Crippen molar-refractivity contribution in [1.29, 1.82) is 0 Å². The monoisotopic (exact) mass is 341 g/mol. The van der Waals surface area contributed by atoms with Crippen LogP contribution in [0.5, 0.6) is 5.75 Å². The van der Waals surface area contributed by atoms with Crippen molar-refractivity contribution in [3.8, 4) is 5.75 Å². The zero-order chi connectivity index (χ0) is 18.2. The molecule has 0 radical (unpaired) electrons. The molecule has 5 heteroatoms. The van der Waals surface area contributed by atoms with Crippen LogP contribution in [0, 0.1) is 6.92 Å². The number of anilines is 1. The zero-order valence-electron chi connectivity index (χ0n) is 14.7. The van der Waals surface area contributed by atoms with Crippen LogP contribution in [0.3, 0.4) is 0 Å². The van der Waals surface area contributed by atoms with Crippen molar-refractivity contribution in [2.75, 3.05) is 11.9 Å². The Bertz CT molecular complexity index is 705. The van der Waals surface area contributed by atoms with E-state index in [1.165, 1.54) is 0 Å². The number of nitrogens with one attached hydrogen (secondary N) is 1. The molecule has 1 N–H and O–H groups in total. The summed E-state index contributed by atoms with van der Waals surface area (Å²) >= 11 is 0. The molecule has 0 saturated heterocycles. The van der Waals surface area contributed by atoms with E-state index < -0.39 is 0 Å². The van der Waals surface area contributed by atoms with Crippen molar-refractivity contribution in [2.45, 2.75) is 33.3 Å². The molecule has 0 aliphatic carbocycles. The van der Waals surface area contributed by atoms with Gasteiger partial charge in [0.15, 0.2) is 0 Å². The van der Waals surface area contributed by atoms with Crippen LogP contribution in [0.25, 0.3) is 0 Å². The number of esters is 1. The third kappa shape index (κ3) is 6.30. The number of ether oxygens (including phenoxy) is 2. The Hall–Kier alpha value is -2.82. The number of carbonyl (C=O) groups is 2. The molecule has 2 aromatic rings. The lowest BCUT2D eigenvalue weighted by atomic mass is 10.2. The predicted molar refractivity (Wildman–Crippen MR) is 96.9 cm³/mol. The number of carbonyl (C=O) groups excluding carboxylic acids is 2. The highest BCUT2D eigenvalue weighted by molar-refractivity contribution is 5.93. The molecule has 1 amide bonds. The lowest BCUT2D eigenvalue weighted by Crippen LogP contribution is -2.15. The number of benzene rings is 2. The first kappa shape index (κ1) is 18.5. The summed E-state index contributed by atoms with van der Waals surface area (Å²) < 4.78 is 10.7. The molecule has 0 saturated carbocycles. The Morgan fingerprint density at radius 1 is 1.00 bits per heavy atom. The maximum Gasteiger partial charge on any atom is 0.338 e. The van der Waals surface area contributed by atoms with Gasteiger partial charge in [-0.3, -0.25) is 4.79 Å². The van der Waals surface area contributed by atoms with Gasteiger partial charge in [-0.15, -0.1) is 0 Å². The van der Waals surface area contributed by atoms with Gasteiger partial charge in [0.2, 0.25) is 5.91 Å². The molecule has 0 spiro atoms. The van der Waals surface area contributed by atoms with Crippen molar-refractivity contribution >= 4 is 17.6 Å². The number of amides is 1. The molecule has 25 heavy (non-hydrogen) atoms. The van der Waals surface area contributed by atoms with Gasteiger partial charge < -0.3 is 14.8 Å². The molecule has 0 fully saturated rings.